The minimum atomic E-state index is 0. The Bertz CT molecular complexity index is 219. The van der Waals surface area contributed by atoms with Gasteiger partial charge in [-0.1, -0.05) is 31.5 Å². The zero-order valence-electron chi connectivity index (χ0n) is 8.88. The first-order valence-electron chi connectivity index (χ1n) is 3.61. The summed E-state index contributed by atoms with van der Waals surface area (Å²) in [6, 6.07) is 7.48. The van der Waals surface area contributed by atoms with E-state index in [-0.39, 0.29) is 25.9 Å². The Kier molecular flexibility index (Phi) is 5.33. The van der Waals surface area contributed by atoms with Gasteiger partial charge in [-0.3, -0.25) is 0 Å². The Hall–Kier alpha value is -0.214. The van der Waals surface area contributed by atoms with Gasteiger partial charge < -0.3 is 7.96 Å². The third-order valence-electron chi connectivity index (χ3n) is 1.51. The summed E-state index contributed by atoms with van der Waals surface area (Å²) in [5.74, 6) is 0.421. The average Bonchev–Trinajstić information content (AvgIpc) is 1.94. The maximum absolute atomic E-state index is 9.24. The fourth-order valence-electron chi connectivity index (χ4n) is 0.992. The van der Waals surface area contributed by atoms with Gasteiger partial charge in [0.15, 0.2) is 0 Å². The molecule has 0 aliphatic carbocycles. The van der Waals surface area contributed by atoms with E-state index in [2.05, 4.69) is 6.92 Å². The molecule has 0 aliphatic rings. The molecule has 0 saturated heterocycles. The molecule has 58 valence electrons. The van der Waals surface area contributed by atoms with Crippen LogP contribution in [0.15, 0.2) is 24.3 Å². The standard InChI is InChI=1S/C9H12O.Mg.2H/c1-2-5-8-6-3-4-7-9(8)10;;;/h3-4,6-7,10H,2,5H2,1H3;;;/q;+2;2*-1. The smallest absolute Gasteiger partial charge is 1.00 e. The third-order valence-corrected chi connectivity index (χ3v) is 1.51. The predicted molar refractivity (Wildman–Crippen MR) is 50.1 cm³/mol. The molecule has 0 fully saturated rings. The molecule has 0 radical (unpaired) electrons. The molecule has 0 bridgehead atoms. The van der Waals surface area contributed by atoms with Crippen LogP contribution in [0.2, 0.25) is 0 Å². The van der Waals surface area contributed by atoms with E-state index in [1.807, 2.05) is 18.2 Å². The van der Waals surface area contributed by atoms with Gasteiger partial charge in [-0.05, 0) is 18.1 Å². The van der Waals surface area contributed by atoms with Crippen molar-refractivity contribution in [2.45, 2.75) is 19.8 Å². The molecule has 1 aromatic carbocycles. The SMILES string of the molecule is CCCc1ccccc1O.[H-].[H-].[Mg+2]. The van der Waals surface area contributed by atoms with Crippen molar-refractivity contribution in [3.05, 3.63) is 29.8 Å². The van der Waals surface area contributed by atoms with Crippen molar-refractivity contribution in [3.8, 4) is 5.75 Å². The quantitative estimate of drug-likeness (QED) is 0.661. The van der Waals surface area contributed by atoms with Gasteiger partial charge in [-0.15, -0.1) is 0 Å². The van der Waals surface area contributed by atoms with Crippen molar-refractivity contribution in [2.75, 3.05) is 0 Å². The molecule has 0 atom stereocenters. The molecule has 0 amide bonds. The van der Waals surface area contributed by atoms with Crippen LogP contribution in [0, 0.1) is 0 Å². The second-order valence-electron chi connectivity index (χ2n) is 2.38. The third kappa shape index (κ3) is 3.12. The first-order valence-corrected chi connectivity index (χ1v) is 3.61. The number of benzene rings is 1. The van der Waals surface area contributed by atoms with Crippen LogP contribution >= 0.6 is 0 Å². The number of para-hydroxylation sites is 1. The summed E-state index contributed by atoms with van der Waals surface area (Å²) in [5, 5.41) is 9.24. The predicted octanol–water partition coefficient (Wildman–Crippen LogP) is 2.19. The number of hydrogen-bond acceptors (Lipinski definition) is 1. The average molecular weight is 163 g/mol. The molecular formula is C9H14MgO. The second-order valence-corrected chi connectivity index (χ2v) is 2.38. The number of phenols is 1. The Morgan fingerprint density at radius 3 is 2.55 bits per heavy atom. The normalized spacial score (nSPS) is 8.82. The van der Waals surface area contributed by atoms with Gasteiger partial charge in [0, 0.05) is 0 Å². The Labute approximate surface area is 86.6 Å². The number of aryl methyl sites for hydroxylation is 1. The summed E-state index contributed by atoms with van der Waals surface area (Å²) >= 11 is 0. The van der Waals surface area contributed by atoms with E-state index >= 15 is 0 Å². The van der Waals surface area contributed by atoms with E-state index < -0.39 is 0 Å². The number of hydrogen-bond donors (Lipinski definition) is 1. The largest absolute Gasteiger partial charge is 2.00 e. The van der Waals surface area contributed by atoms with E-state index in [0.717, 1.165) is 18.4 Å². The van der Waals surface area contributed by atoms with Crippen LogP contribution in [0.25, 0.3) is 0 Å². The van der Waals surface area contributed by atoms with Crippen molar-refractivity contribution in [2.24, 2.45) is 0 Å². The second kappa shape index (κ2) is 5.44. The molecule has 0 aromatic heterocycles. The van der Waals surface area contributed by atoms with E-state index in [4.69, 9.17) is 0 Å². The molecule has 1 N–H and O–H groups in total. The molecule has 0 unspecified atom stereocenters. The molecule has 0 heterocycles. The molecular weight excluding hydrogens is 148 g/mol. The Morgan fingerprint density at radius 1 is 1.36 bits per heavy atom. The molecule has 2 heteroatoms. The summed E-state index contributed by atoms with van der Waals surface area (Å²) in [6.45, 7) is 2.10. The summed E-state index contributed by atoms with van der Waals surface area (Å²) in [4.78, 5) is 0. The van der Waals surface area contributed by atoms with Gasteiger partial charge in [0.25, 0.3) is 0 Å². The van der Waals surface area contributed by atoms with Crippen LogP contribution in [0.3, 0.4) is 0 Å². The first kappa shape index (κ1) is 10.8. The fourth-order valence-corrected chi connectivity index (χ4v) is 0.992. The van der Waals surface area contributed by atoms with Crippen LogP contribution in [-0.2, 0) is 6.42 Å². The van der Waals surface area contributed by atoms with Crippen LogP contribution < -0.4 is 0 Å². The zero-order valence-corrected chi connectivity index (χ0v) is 8.29. The van der Waals surface area contributed by atoms with Crippen LogP contribution in [0.4, 0.5) is 0 Å². The van der Waals surface area contributed by atoms with Crippen molar-refractivity contribution in [3.63, 3.8) is 0 Å². The summed E-state index contributed by atoms with van der Waals surface area (Å²) < 4.78 is 0. The molecule has 0 spiro atoms. The first-order chi connectivity index (χ1) is 4.84. The van der Waals surface area contributed by atoms with Crippen LogP contribution in [-0.4, -0.2) is 28.2 Å². The van der Waals surface area contributed by atoms with Gasteiger partial charge in [-0.25, -0.2) is 0 Å². The van der Waals surface area contributed by atoms with Gasteiger partial charge in [0.2, 0.25) is 0 Å². The number of aromatic hydroxyl groups is 1. The molecule has 1 rings (SSSR count). The fraction of sp³-hybridized carbons (Fsp3) is 0.333. The van der Waals surface area contributed by atoms with E-state index in [1.54, 1.807) is 6.07 Å². The van der Waals surface area contributed by atoms with E-state index in [9.17, 15) is 5.11 Å². The van der Waals surface area contributed by atoms with Gasteiger partial charge in [0.1, 0.15) is 5.75 Å². The molecule has 1 nitrogen and oxygen atoms in total. The van der Waals surface area contributed by atoms with Crippen LogP contribution in [0.5, 0.6) is 5.75 Å². The minimum absolute atomic E-state index is 0. The van der Waals surface area contributed by atoms with Crippen molar-refractivity contribution in [1.29, 1.82) is 0 Å². The van der Waals surface area contributed by atoms with Crippen LogP contribution in [0.1, 0.15) is 21.8 Å². The molecule has 0 saturated carbocycles. The Morgan fingerprint density at radius 2 is 2.00 bits per heavy atom. The maximum atomic E-state index is 9.24. The van der Waals surface area contributed by atoms with Gasteiger partial charge in [0.05, 0.1) is 0 Å². The van der Waals surface area contributed by atoms with Crippen molar-refractivity contribution >= 4 is 23.1 Å². The maximum Gasteiger partial charge on any atom is 2.00 e. The summed E-state index contributed by atoms with van der Waals surface area (Å²) in [5.41, 5.74) is 1.05. The molecule has 0 aliphatic heterocycles. The van der Waals surface area contributed by atoms with Gasteiger partial charge in [-0.2, -0.15) is 0 Å². The number of phenolic OH excluding ortho intramolecular Hbond substituents is 1. The Balaban J connectivity index is -0.000000333. The van der Waals surface area contributed by atoms with E-state index in [0.29, 0.717) is 5.75 Å². The van der Waals surface area contributed by atoms with Crippen molar-refractivity contribution < 1.29 is 7.96 Å². The molecule has 11 heavy (non-hydrogen) atoms. The minimum Gasteiger partial charge on any atom is -1.00 e. The molecule has 1 aromatic rings. The zero-order chi connectivity index (χ0) is 7.40. The van der Waals surface area contributed by atoms with Crippen molar-refractivity contribution in [1.82, 2.24) is 0 Å². The topological polar surface area (TPSA) is 20.2 Å². The van der Waals surface area contributed by atoms with Gasteiger partial charge >= 0.3 is 23.1 Å². The summed E-state index contributed by atoms with van der Waals surface area (Å²) in [6.07, 6.45) is 2.05. The summed E-state index contributed by atoms with van der Waals surface area (Å²) in [7, 11) is 0. The van der Waals surface area contributed by atoms with E-state index in [1.165, 1.54) is 0 Å². The monoisotopic (exact) mass is 162 g/mol. The number of rotatable bonds is 2.